The van der Waals surface area contributed by atoms with E-state index in [0.717, 1.165) is 11.3 Å². The van der Waals surface area contributed by atoms with E-state index in [-0.39, 0.29) is 4.88 Å². The lowest BCUT2D eigenvalue weighted by molar-refractivity contribution is -0.131. The van der Waals surface area contributed by atoms with Crippen molar-refractivity contribution in [2.45, 2.75) is 5.72 Å². The monoisotopic (exact) mass is 376 g/mol. The van der Waals surface area contributed by atoms with Gasteiger partial charge in [-0.2, -0.15) is 0 Å². The van der Waals surface area contributed by atoms with Crippen LogP contribution in [0.15, 0.2) is 77.1 Å². The van der Waals surface area contributed by atoms with E-state index in [9.17, 15) is 14.7 Å². The van der Waals surface area contributed by atoms with Crippen LogP contribution in [-0.4, -0.2) is 35.3 Å². The first-order valence-corrected chi connectivity index (χ1v) is 9.24. The predicted molar refractivity (Wildman–Crippen MR) is 106 cm³/mol. The molecule has 1 aliphatic rings. The van der Waals surface area contributed by atoms with Crippen molar-refractivity contribution in [3.8, 4) is 0 Å². The summed E-state index contributed by atoms with van der Waals surface area (Å²) in [5.41, 5.74) is -0.153. The van der Waals surface area contributed by atoms with Gasteiger partial charge >= 0.3 is 5.72 Å². The molecule has 6 heteroatoms. The first-order chi connectivity index (χ1) is 13.0. The van der Waals surface area contributed by atoms with E-state index in [4.69, 9.17) is 0 Å². The molecule has 0 unspecified atom stereocenters. The fraction of sp³-hybridized carbons (Fsp3) is 0.0952. The van der Waals surface area contributed by atoms with Crippen LogP contribution in [0.2, 0.25) is 0 Å². The smallest absolute Gasteiger partial charge is 0.303 e. The highest BCUT2D eigenvalue weighted by atomic mass is 32.1. The maximum atomic E-state index is 13.1. The Labute approximate surface area is 160 Å². The van der Waals surface area contributed by atoms with Gasteiger partial charge in [0.15, 0.2) is 0 Å². The number of para-hydroxylation sites is 1. The van der Waals surface area contributed by atoms with E-state index in [2.05, 4.69) is 4.99 Å². The number of carbonyl (C=O) groups excluding carboxylic acids is 2. The Hall–Kier alpha value is -3.09. The molecule has 5 nitrogen and oxygen atoms in total. The zero-order valence-corrected chi connectivity index (χ0v) is 15.3. The van der Waals surface area contributed by atoms with Crippen LogP contribution >= 0.6 is 11.3 Å². The third-order valence-corrected chi connectivity index (χ3v) is 5.37. The Morgan fingerprint density at radius 3 is 2.44 bits per heavy atom. The number of aliphatic imine (C=N–C) groups is 1. The first-order valence-electron chi connectivity index (χ1n) is 8.36. The molecule has 0 saturated carbocycles. The van der Waals surface area contributed by atoms with Gasteiger partial charge in [0, 0.05) is 18.2 Å². The number of hydrogen-bond acceptors (Lipinski definition) is 5. The van der Waals surface area contributed by atoms with Crippen LogP contribution in [0.25, 0.3) is 0 Å². The third kappa shape index (κ3) is 2.79. The fourth-order valence-corrected chi connectivity index (χ4v) is 3.83. The molecule has 0 saturated heterocycles. The summed E-state index contributed by atoms with van der Waals surface area (Å²) < 4.78 is 0. The molecule has 1 aromatic heterocycles. The molecule has 2 aromatic carbocycles. The quantitative estimate of drug-likeness (QED) is 0.564. The van der Waals surface area contributed by atoms with Gasteiger partial charge < -0.3 is 10.0 Å². The van der Waals surface area contributed by atoms with Crippen molar-refractivity contribution in [3.63, 3.8) is 0 Å². The number of thiophene rings is 1. The normalized spacial score (nSPS) is 19.3. The van der Waals surface area contributed by atoms with E-state index < -0.39 is 17.4 Å². The van der Waals surface area contributed by atoms with E-state index >= 15 is 0 Å². The Kier molecular flexibility index (Phi) is 4.22. The summed E-state index contributed by atoms with van der Waals surface area (Å²) >= 11 is 1.16. The molecule has 27 heavy (non-hydrogen) atoms. The molecule has 0 bridgehead atoms. The van der Waals surface area contributed by atoms with E-state index in [1.807, 2.05) is 42.5 Å². The second-order valence-corrected chi connectivity index (χ2v) is 7.13. The number of fused-ring (bicyclic) bond motifs is 1. The molecular formula is C21H16N2O3S. The lowest BCUT2D eigenvalue weighted by atomic mass is 10.00. The van der Waals surface area contributed by atoms with Gasteiger partial charge in [-0.3, -0.25) is 9.59 Å². The number of carbonyl (C=O) groups is 2. The number of anilines is 1. The molecule has 4 rings (SSSR count). The lowest BCUT2D eigenvalue weighted by Gasteiger charge is -2.24. The summed E-state index contributed by atoms with van der Waals surface area (Å²) in [4.78, 5) is 32.0. The fourth-order valence-electron chi connectivity index (χ4n) is 3.12. The Balaban J connectivity index is 1.99. The topological polar surface area (TPSA) is 70.0 Å². The minimum atomic E-state index is -2.52. The van der Waals surface area contributed by atoms with Crippen molar-refractivity contribution in [1.82, 2.24) is 0 Å². The number of aliphatic hydroxyl groups is 1. The minimum Gasteiger partial charge on any atom is -0.356 e. The molecule has 2 heterocycles. The highest BCUT2D eigenvalue weighted by Gasteiger charge is 2.49. The molecule has 134 valence electrons. The van der Waals surface area contributed by atoms with Crippen LogP contribution < -0.4 is 4.90 Å². The molecule has 1 aliphatic heterocycles. The number of nitrogens with zero attached hydrogens (tertiary/aromatic N) is 2. The summed E-state index contributed by atoms with van der Waals surface area (Å²) in [6.07, 6.45) is 0. The standard InChI is InChI=1S/C21H16N2O3S/c1-23-16-11-6-5-10-15(16)18(14-8-3-2-4-9-14)22-21(26,20(23)25)19(24)17-12-7-13-27-17/h2-13,26H,1H3/t21-/m0/s1. The van der Waals surface area contributed by atoms with Crippen LogP contribution in [0.1, 0.15) is 20.8 Å². The van der Waals surface area contributed by atoms with Crippen molar-refractivity contribution >= 4 is 34.4 Å². The summed E-state index contributed by atoms with van der Waals surface area (Å²) in [7, 11) is 1.54. The first kappa shape index (κ1) is 17.3. The number of amides is 1. The Morgan fingerprint density at radius 2 is 1.74 bits per heavy atom. The zero-order chi connectivity index (χ0) is 19.0. The van der Waals surface area contributed by atoms with Crippen LogP contribution in [-0.2, 0) is 4.79 Å². The average Bonchev–Trinajstić information content (AvgIpc) is 3.23. The largest absolute Gasteiger partial charge is 0.356 e. The molecular weight excluding hydrogens is 360 g/mol. The number of benzodiazepines with no additional fused rings is 1. The van der Waals surface area contributed by atoms with Crippen molar-refractivity contribution < 1.29 is 14.7 Å². The second-order valence-electron chi connectivity index (χ2n) is 6.19. The predicted octanol–water partition coefficient (Wildman–Crippen LogP) is 3.13. The van der Waals surface area contributed by atoms with E-state index in [1.54, 1.807) is 29.6 Å². The van der Waals surface area contributed by atoms with Gasteiger partial charge in [0.05, 0.1) is 16.3 Å². The highest BCUT2D eigenvalue weighted by molar-refractivity contribution is 7.12. The second kappa shape index (κ2) is 6.57. The molecule has 1 amide bonds. The minimum absolute atomic E-state index is 0.279. The van der Waals surface area contributed by atoms with Gasteiger partial charge in [-0.25, -0.2) is 4.99 Å². The van der Waals surface area contributed by atoms with E-state index in [0.29, 0.717) is 22.5 Å². The average molecular weight is 376 g/mol. The van der Waals surface area contributed by atoms with Crippen molar-refractivity contribution in [2.75, 3.05) is 11.9 Å². The molecule has 0 radical (unpaired) electrons. The Morgan fingerprint density at radius 1 is 1.04 bits per heavy atom. The van der Waals surface area contributed by atoms with Crippen LogP contribution in [0.3, 0.4) is 0 Å². The molecule has 0 aliphatic carbocycles. The number of Topliss-reactive ketones (excluding diaryl/α,β-unsaturated/α-hetero) is 1. The lowest BCUT2D eigenvalue weighted by Crippen LogP contribution is -2.51. The number of likely N-dealkylation sites (N-methyl/N-ethyl adjacent to an activating group) is 1. The van der Waals surface area contributed by atoms with Gasteiger partial charge in [0.25, 0.3) is 5.91 Å². The number of benzene rings is 2. The number of rotatable bonds is 3. The molecule has 0 spiro atoms. The summed E-state index contributed by atoms with van der Waals surface area (Å²) in [6.45, 7) is 0. The summed E-state index contributed by atoms with van der Waals surface area (Å²) in [6, 6.07) is 19.7. The van der Waals surface area contributed by atoms with Crippen molar-refractivity contribution in [1.29, 1.82) is 0 Å². The SMILES string of the molecule is CN1C(=O)[C@@](O)(C(=O)c2cccs2)N=C(c2ccccc2)c2ccccc21. The molecule has 0 fully saturated rings. The van der Waals surface area contributed by atoms with Crippen LogP contribution in [0.4, 0.5) is 5.69 Å². The highest BCUT2D eigenvalue weighted by Crippen LogP contribution is 2.32. The van der Waals surface area contributed by atoms with Gasteiger partial charge in [-0.1, -0.05) is 54.6 Å². The van der Waals surface area contributed by atoms with Gasteiger partial charge in [0.1, 0.15) is 0 Å². The van der Waals surface area contributed by atoms with Crippen molar-refractivity contribution in [3.05, 3.63) is 88.1 Å². The van der Waals surface area contributed by atoms with Crippen LogP contribution in [0, 0.1) is 0 Å². The summed E-state index contributed by atoms with van der Waals surface area (Å²) in [5, 5.41) is 12.9. The number of hydrogen-bond donors (Lipinski definition) is 1. The van der Waals surface area contributed by atoms with Crippen LogP contribution in [0.5, 0.6) is 0 Å². The van der Waals surface area contributed by atoms with E-state index in [1.165, 1.54) is 11.9 Å². The molecule has 3 aromatic rings. The van der Waals surface area contributed by atoms with Gasteiger partial charge in [-0.05, 0) is 17.5 Å². The zero-order valence-electron chi connectivity index (χ0n) is 14.5. The van der Waals surface area contributed by atoms with Gasteiger partial charge in [0.2, 0.25) is 5.78 Å². The molecule has 1 atom stereocenters. The molecule has 1 N–H and O–H groups in total. The van der Waals surface area contributed by atoms with Gasteiger partial charge in [-0.15, -0.1) is 11.3 Å². The Bertz CT molecular complexity index is 1040. The number of ketones is 1. The maximum Gasteiger partial charge on any atom is 0.303 e. The summed E-state index contributed by atoms with van der Waals surface area (Å²) in [5.74, 6) is -1.50. The third-order valence-electron chi connectivity index (χ3n) is 4.51. The maximum absolute atomic E-state index is 13.1. The van der Waals surface area contributed by atoms with Crippen molar-refractivity contribution in [2.24, 2.45) is 4.99 Å².